The second-order valence-corrected chi connectivity index (χ2v) is 5.25. The summed E-state index contributed by atoms with van der Waals surface area (Å²) >= 11 is 6.03. The van der Waals surface area contributed by atoms with Gasteiger partial charge in [-0.3, -0.25) is 0 Å². The van der Waals surface area contributed by atoms with Crippen LogP contribution in [0.4, 0.5) is 10.5 Å². The summed E-state index contributed by atoms with van der Waals surface area (Å²) in [5, 5.41) is 3.31. The fourth-order valence-electron chi connectivity index (χ4n) is 1.98. The lowest BCUT2D eigenvalue weighted by Gasteiger charge is -2.18. The van der Waals surface area contributed by atoms with E-state index in [1.165, 1.54) is 0 Å². The summed E-state index contributed by atoms with van der Waals surface area (Å²) < 4.78 is 5.40. The molecule has 0 radical (unpaired) electrons. The highest BCUT2D eigenvalue weighted by Crippen LogP contribution is 2.21. The molecule has 2 aromatic carbocycles. The van der Waals surface area contributed by atoms with Crippen molar-refractivity contribution < 1.29 is 9.53 Å². The number of para-hydroxylation sites is 1. The monoisotopic (exact) mass is 318 g/mol. The summed E-state index contributed by atoms with van der Waals surface area (Å²) in [4.78, 5) is 13.8. The van der Waals surface area contributed by atoms with E-state index >= 15 is 0 Å². The average Bonchev–Trinajstić information content (AvgIpc) is 2.51. The van der Waals surface area contributed by atoms with Crippen LogP contribution in [0.3, 0.4) is 0 Å². The first-order valence-electron chi connectivity index (χ1n) is 7.08. The van der Waals surface area contributed by atoms with Crippen LogP contribution in [0.15, 0.2) is 48.5 Å². The van der Waals surface area contributed by atoms with E-state index in [4.69, 9.17) is 16.3 Å². The van der Waals surface area contributed by atoms with Crippen molar-refractivity contribution in [3.05, 3.63) is 59.1 Å². The topological polar surface area (TPSA) is 41.6 Å². The van der Waals surface area contributed by atoms with Crippen LogP contribution in [0, 0.1) is 0 Å². The van der Waals surface area contributed by atoms with Gasteiger partial charge in [0.25, 0.3) is 0 Å². The number of halogens is 1. The maximum Gasteiger partial charge on any atom is 0.321 e. The van der Waals surface area contributed by atoms with Crippen LogP contribution >= 0.6 is 11.6 Å². The molecule has 0 aliphatic heterocycles. The molecule has 2 aromatic rings. The van der Waals surface area contributed by atoms with Crippen LogP contribution in [0.25, 0.3) is 0 Å². The number of amides is 2. The third-order valence-corrected chi connectivity index (χ3v) is 3.45. The van der Waals surface area contributed by atoms with Crippen LogP contribution in [0.2, 0.25) is 5.02 Å². The standard InChI is InChI=1S/C17H19ClN2O2/c1-3-22-14-10-8-13(9-11-14)12-20(2)17(21)19-16-7-5-4-6-15(16)18/h4-11H,3,12H2,1-2H3,(H,19,21). The molecule has 1 N–H and O–H groups in total. The number of carbonyl (C=O) groups is 1. The van der Waals surface area contributed by atoms with Crippen LogP contribution < -0.4 is 10.1 Å². The Morgan fingerprint density at radius 2 is 1.86 bits per heavy atom. The number of nitrogens with one attached hydrogen (secondary N) is 1. The zero-order chi connectivity index (χ0) is 15.9. The van der Waals surface area contributed by atoms with Gasteiger partial charge in [0, 0.05) is 13.6 Å². The molecule has 2 amide bonds. The minimum Gasteiger partial charge on any atom is -0.494 e. The third kappa shape index (κ3) is 4.40. The number of ether oxygens (including phenoxy) is 1. The van der Waals surface area contributed by atoms with Crippen molar-refractivity contribution in [2.75, 3.05) is 19.0 Å². The number of anilines is 1. The van der Waals surface area contributed by atoms with Crippen molar-refractivity contribution >= 4 is 23.3 Å². The molecule has 0 bridgehead atoms. The first-order chi connectivity index (χ1) is 10.6. The van der Waals surface area contributed by atoms with Crippen molar-refractivity contribution in [2.24, 2.45) is 0 Å². The predicted octanol–water partition coefficient (Wildman–Crippen LogP) is 4.40. The van der Waals surface area contributed by atoms with Crippen LogP contribution in [-0.4, -0.2) is 24.6 Å². The van der Waals surface area contributed by atoms with Gasteiger partial charge in [0.15, 0.2) is 0 Å². The second kappa shape index (κ2) is 7.71. The van der Waals surface area contributed by atoms with Gasteiger partial charge in [0.2, 0.25) is 0 Å². The molecule has 0 heterocycles. The number of urea groups is 1. The smallest absolute Gasteiger partial charge is 0.321 e. The van der Waals surface area contributed by atoms with E-state index < -0.39 is 0 Å². The normalized spacial score (nSPS) is 10.1. The van der Waals surface area contributed by atoms with Crippen LogP contribution in [-0.2, 0) is 6.54 Å². The molecule has 0 saturated carbocycles. The SMILES string of the molecule is CCOc1ccc(CN(C)C(=O)Nc2ccccc2Cl)cc1. The lowest BCUT2D eigenvalue weighted by Crippen LogP contribution is -2.30. The van der Waals surface area contributed by atoms with Gasteiger partial charge in [-0.1, -0.05) is 35.9 Å². The molecule has 0 aliphatic carbocycles. The van der Waals surface area contributed by atoms with E-state index in [9.17, 15) is 4.79 Å². The number of benzene rings is 2. The maximum absolute atomic E-state index is 12.2. The molecule has 116 valence electrons. The summed E-state index contributed by atoms with van der Waals surface area (Å²) in [6, 6.07) is 14.7. The summed E-state index contributed by atoms with van der Waals surface area (Å²) in [5.74, 6) is 0.828. The van der Waals surface area contributed by atoms with Gasteiger partial charge in [0.05, 0.1) is 17.3 Å². The zero-order valence-electron chi connectivity index (χ0n) is 12.7. The molecule has 0 unspecified atom stereocenters. The van der Waals surface area contributed by atoms with Crippen molar-refractivity contribution in [2.45, 2.75) is 13.5 Å². The Morgan fingerprint density at radius 1 is 1.18 bits per heavy atom. The fourth-order valence-corrected chi connectivity index (χ4v) is 2.16. The highest BCUT2D eigenvalue weighted by atomic mass is 35.5. The Hall–Kier alpha value is -2.20. The predicted molar refractivity (Wildman–Crippen MR) is 89.5 cm³/mol. The molecule has 0 aromatic heterocycles. The Bertz CT molecular complexity index is 629. The molecule has 0 atom stereocenters. The quantitative estimate of drug-likeness (QED) is 0.887. The number of hydrogen-bond donors (Lipinski definition) is 1. The molecule has 0 saturated heterocycles. The van der Waals surface area contributed by atoms with Gasteiger partial charge in [-0.25, -0.2) is 4.79 Å². The maximum atomic E-state index is 12.2. The Labute approximate surface area is 135 Å². The van der Waals surface area contributed by atoms with Gasteiger partial charge in [-0.2, -0.15) is 0 Å². The molecule has 22 heavy (non-hydrogen) atoms. The number of nitrogens with zero attached hydrogens (tertiary/aromatic N) is 1. The van der Waals surface area contributed by atoms with E-state index in [0.29, 0.717) is 23.9 Å². The minimum atomic E-state index is -0.206. The first-order valence-corrected chi connectivity index (χ1v) is 7.46. The van der Waals surface area contributed by atoms with Gasteiger partial charge < -0.3 is 15.0 Å². The Morgan fingerprint density at radius 3 is 2.50 bits per heavy atom. The van der Waals surface area contributed by atoms with Crippen molar-refractivity contribution in [1.82, 2.24) is 4.90 Å². The molecule has 0 spiro atoms. The van der Waals surface area contributed by atoms with Crippen LogP contribution in [0.5, 0.6) is 5.75 Å². The average molecular weight is 319 g/mol. The summed E-state index contributed by atoms with van der Waals surface area (Å²) in [7, 11) is 1.74. The van der Waals surface area contributed by atoms with E-state index in [2.05, 4.69) is 5.32 Å². The van der Waals surface area contributed by atoms with E-state index in [1.807, 2.05) is 43.3 Å². The molecule has 0 aliphatic rings. The molecule has 5 heteroatoms. The van der Waals surface area contributed by atoms with Crippen molar-refractivity contribution in [3.8, 4) is 5.75 Å². The first kappa shape index (κ1) is 16.2. The highest BCUT2D eigenvalue weighted by molar-refractivity contribution is 6.33. The molecule has 2 rings (SSSR count). The Kier molecular flexibility index (Phi) is 5.67. The lowest BCUT2D eigenvalue weighted by atomic mass is 10.2. The largest absolute Gasteiger partial charge is 0.494 e. The summed E-state index contributed by atoms with van der Waals surface area (Å²) in [6.07, 6.45) is 0. The molecule has 0 fully saturated rings. The van der Waals surface area contributed by atoms with Crippen molar-refractivity contribution in [1.29, 1.82) is 0 Å². The lowest BCUT2D eigenvalue weighted by molar-refractivity contribution is 0.220. The molecular weight excluding hydrogens is 300 g/mol. The molecular formula is C17H19ClN2O2. The molecule has 4 nitrogen and oxygen atoms in total. The zero-order valence-corrected chi connectivity index (χ0v) is 13.4. The minimum absolute atomic E-state index is 0.206. The Balaban J connectivity index is 1.95. The summed E-state index contributed by atoms with van der Waals surface area (Å²) in [6.45, 7) is 3.09. The van der Waals surface area contributed by atoms with Gasteiger partial charge >= 0.3 is 6.03 Å². The van der Waals surface area contributed by atoms with Crippen LogP contribution in [0.1, 0.15) is 12.5 Å². The van der Waals surface area contributed by atoms with Crippen molar-refractivity contribution in [3.63, 3.8) is 0 Å². The number of rotatable bonds is 5. The second-order valence-electron chi connectivity index (χ2n) is 4.84. The van der Waals surface area contributed by atoms with E-state index in [0.717, 1.165) is 11.3 Å². The van der Waals surface area contributed by atoms with E-state index in [-0.39, 0.29) is 6.03 Å². The fraction of sp³-hybridized carbons (Fsp3) is 0.235. The van der Waals surface area contributed by atoms with Gasteiger partial charge in [-0.05, 0) is 36.8 Å². The van der Waals surface area contributed by atoms with E-state index in [1.54, 1.807) is 24.1 Å². The third-order valence-electron chi connectivity index (χ3n) is 3.12. The number of hydrogen-bond acceptors (Lipinski definition) is 2. The highest BCUT2D eigenvalue weighted by Gasteiger charge is 2.11. The van der Waals surface area contributed by atoms with Gasteiger partial charge in [0.1, 0.15) is 5.75 Å². The van der Waals surface area contributed by atoms with Gasteiger partial charge in [-0.15, -0.1) is 0 Å². The summed E-state index contributed by atoms with van der Waals surface area (Å²) in [5.41, 5.74) is 1.63. The number of carbonyl (C=O) groups excluding carboxylic acids is 1.